The largest absolute Gasteiger partial charge is 0.496 e. The summed E-state index contributed by atoms with van der Waals surface area (Å²) in [4.78, 5) is 11.1. The second kappa shape index (κ2) is 6.53. The molecule has 17 heavy (non-hydrogen) atoms. The van der Waals surface area contributed by atoms with E-state index in [2.05, 4.69) is 6.58 Å². The first-order valence-corrected chi connectivity index (χ1v) is 5.27. The molecule has 3 nitrogen and oxygen atoms in total. The first-order valence-electron chi connectivity index (χ1n) is 5.27. The predicted molar refractivity (Wildman–Crippen MR) is 67.8 cm³/mol. The topological polar surface area (TPSA) is 35.5 Å². The highest BCUT2D eigenvalue weighted by atomic mass is 16.5. The Bertz CT molecular complexity index is 433. The molecule has 1 aromatic carbocycles. The minimum Gasteiger partial charge on any atom is -0.496 e. The molecule has 0 amide bonds. The Balaban J connectivity index is 2.54. The number of para-hydroxylation sites is 1. The highest BCUT2D eigenvalue weighted by Crippen LogP contribution is 2.18. The fourth-order valence-corrected chi connectivity index (χ4v) is 1.23. The number of hydrogen-bond donors (Lipinski definition) is 0. The van der Waals surface area contributed by atoms with Gasteiger partial charge in [-0.1, -0.05) is 30.9 Å². The minimum absolute atomic E-state index is 0.226. The summed E-state index contributed by atoms with van der Waals surface area (Å²) < 4.78 is 10.1. The van der Waals surface area contributed by atoms with Crippen molar-refractivity contribution in [1.82, 2.24) is 0 Å². The zero-order valence-electron chi connectivity index (χ0n) is 10.1. The molecule has 1 aromatic rings. The Morgan fingerprint density at radius 1 is 1.41 bits per heavy atom. The zero-order chi connectivity index (χ0) is 12.7. The molecule has 0 bridgehead atoms. The van der Waals surface area contributed by atoms with Gasteiger partial charge in [-0.2, -0.15) is 0 Å². The molecule has 0 heterocycles. The van der Waals surface area contributed by atoms with Crippen LogP contribution in [-0.4, -0.2) is 19.7 Å². The third-order valence-electron chi connectivity index (χ3n) is 2.10. The van der Waals surface area contributed by atoms with Crippen LogP contribution in [0.3, 0.4) is 0 Å². The van der Waals surface area contributed by atoms with E-state index in [1.54, 1.807) is 20.1 Å². The summed E-state index contributed by atoms with van der Waals surface area (Å²) >= 11 is 0. The van der Waals surface area contributed by atoms with Crippen LogP contribution < -0.4 is 4.74 Å². The van der Waals surface area contributed by atoms with E-state index in [0.29, 0.717) is 5.57 Å². The van der Waals surface area contributed by atoms with Crippen molar-refractivity contribution in [3.8, 4) is 5.75 Å². The lowest BCUT2D eigenvalue weighted by atomic mass is 10.2. The maximum atomic E-state index is 11.1. The van der Waals surface area contributed by atoms with Gasteiger partial charge in [0.15, 0.2) is 0 Å². The van der Waals surface area contributed by atoms with E-state index in [4.69, 9.17) is 9.47 Å². The number of esters is 1. The van der Waals surface area contributed by atoms with Gasteiger partial charge < -0.3 is 9.47 Å². The molecule has 0 saturated carbocycles. The smallest absolute Gasteiger partial charge is 0.333 e. The average molecular weight is 232 g/mol. The summed E-state index contributed by atoms with van der Waals surface area (Å²) in [7, 11) is 1.62. The molecule has 1 rings (SSSR count). The van der Waals surface area contributed by atoms with Crippen molar-refractivity contribution in [3.63, 3.8) is 0 Å². The quantitative estimate of drug-likeness (QED) is 0.578. The first-order chi connectivity index (χ1) is 8.15. The van der Waals surface area contributed by atoms with Crippen LogP contribution in [0.2, 0.25) is 0 Å². The fraction of sp³-hybridized carbons (Fsp3) is 0.214. The number of methoxy groups -OCH3 is 1. The van der Waals surface area contributed by atoms with Crippen LogP contribution in [-0.2, 0) is 9.53 Å². The van der Waals surface area contributed by atoms with Gasteiger partial charge in [-0.3, -0.25) is 0 Å². The van der Waals surface area contributed by atoms with Gasteiger partial charge in [-0.05, 0) is 19.1 Å². The molecular formula is C14H16O3. The monoisotopic (exact) mass is 232 g/mol. The van der Waals surface area contributed by atoms with Crippen LogP contribution >= 0.6 is 0 Å². The van der Waals surface area contributed by atoms with Gasteiger partial charge in [-0.25, -0.2) is 4.79 Å². The molecule has 0 aromatic heterocycles. The molecule has 0 atom stereocenters. The molecule has 0 N–H and O–H groups in total. The lowest BCUT2D eigenvalue weighted by molar-refractivity contribution is -0.137. The van der Waals surface area contributed by atoms with E-state index in [-0.39, 0.29) is 12.6 Å². The maximum Gasteiger partial charge on any atom is 0.333 e. The SMILES string of the molecule is C=C(C)C(=O)OC/C=C/c1ccccc1OC. The summed E-state index contributed by atoms with van der Waals surface area (Å²) in [5.41, 5.74) is 1.34. The van der Waals surface area contributed by atoms with Crippen molar-refractivity contribution in [3.05, 3.63) is 48.1 Å². The van der Waals surface area contributed by atoms with Gasteiger partial charge in [0, 0.05) is 11.1 Å². The molecule has 0 aliphatic heterocycles. The number of carbonyl (C=O) groups excluding carboxylic acids is 1. The average Bonchev–Trinajstić information content (AvgIpc) is 2.34. The van der Waals surface area contributed by atoms with Crippen molar-refractivity contribution in [1.29, 1.82) is 0 Å². The Morgan fingerprint density at radius 3 is 2.76 bits per heavy atom. The fourth-order valence-electron chi connectivity index (χ4n) is 1.23. The molecule has 0 fully saturated rings. The van der Waals surface area contributed by atoms with Crippen LogP contribution in [0.1, 0.15) is 12.5 Å². The molecule has 90 valence electrons. The van der Waals surface area contributed by atoms with Crippen molar-refractivity contribution in [2.45, 2.75) is 6.92 Å². The number of rotatable bonds is 5. The van der Waals surface area contributed by atoms with Crippen LogP contribution in [0, 0.1) is 0 Å². The third-order valence-corrected chi connectivity index (χ3v) is 2.10. The van der Waals surface area contributed by atoms with Gasteiger partial charge in [0.1, 0.15) is 12.4 Å². The van der Waals surface area contributed by atoms with Crippen molar-refractivity contribution >= 4 is 12.0 Å². The second-order valence-electron chi connectivity index (χ2n) is 3.52. The molecule has 0 spiro atoms. The first kappa shape index (κ1) is 13.0. The standard InChI is InChI=1S/C14H16O3/c1-11(2)14(15)17-10-6-8-12-7-4-5-9-13(12)16-3/h4-9H,1,10H2,2-3H3/b8-6+. The molecule has 0 aliphatic rings. The summed E-state index contributed by atoms with van der Waals surface area (Å²) in [6.07, 6.45) is 3.61. The van der Waals surface area contributed by atoms with E-state index in [1.807, 2.05) is 30.3 Å². The number of carbonyl (C=O) groups is 1. The summed E-state index contributed by atoms with van der Waals surface area (Å²) in [6.45, 7) is 5.34. The Hall–Kier alpha value is -2.03. The molecule has 3 heteroatoms. The second-order valence-corrected chi connectivity index (χ2v) is 3.52. The van der Waals surface area contributed by atoms with Gasteiger partial charge in [-0.15, -0.1) is 0 Å². The van der Waals surface area contributed by atoms with Gasteiger partial charge in [0.25, 0.3) is 0 Å². The third kappa shape index (κ3) is 4.15. The Kier molecular flexibility index (Phi) is 5.01. The van der Waals surface area contributed by atoms with E-state index < -0.39 is 0 Å². The molecule has 0 radical (unpaired) electrons. The number of benzene rings is 1. The lowest BCUT2D eigenvalue weighted by Gasteiger charge is -2.03. The van der Waals surface area contributed by atoms with Crippen LogP contribution in [0.4, 0.5) is 0 Å². The summed E-state index contributed by atoms with van der Waals surface area (Å²) in [6, 6.07) is 7.62. The molecule has 0 saturated heterocycles. The van der Waals surface area contributed by atoms with E-state index >= 15 is 0 Å². The van der Waals surface area contributed by atoms with Gasteiger partial charge in [0.2, 0.25) is 0 Å². The van der Waals surface area contributed by atoms with Crippen LogP contribution in [0.5, 0.6) is 5.75 Å². The summed E-state index contributed by atoms with van der Waals surface area (Å²) in [5.74, 6) is 0.407. The van der Waals surface area contributed by atoms with Crippen molar-refractivity contribution < 1.29 is 14.3 Å². The van der Waals surface area contributed by atoms with Crippen LogP contribution in [0.15, 0.2) is 42.5 Å². The maximum absolute atomic E-state index is 11.1. The van der Waals surface area contributed by atoms with E-state index in [0.717, 1.165) is 11.3 Å². The van der Waals surface area contributed by atoms with Crippen molar-refractivity contribution in [2.24, 2.45) is 0 Å². The van der Waals surface area contributed by atoms with E-state index in [9.17, 15) is 4.79 Å². The van der Waals surface area contributed by atoms with Crippen LogP contribution in [0.25, 0.3) is 6.08 Å². The number of ether oxygens (including phenoxy) is 2. The molecule has 0 unspecified atom stereocenters. The lowest BCUT2D eigenvalue weighted by Crippen LogP contribution is -2.04. The van der Waals surface area contributed by atoms with Gasteiger partial charge >= 0.3 is 5.97 Å². The Morgan fingerprint density at radius 2 is 2.12 bits per heavy atom. The van der Waals surface area contributed by atoms with Crippen molar-refractivity contribution in [2.75, 3.05) is 13.7 Å². The normalized spacial score (nSPS) is 10.2. The minimum atomic E-state index is -0.380. The zero-order valence-corrected chi connectivity index (χ0v) is 10.1. The predicted octanol–water partition coefficient (Wildman–Crippen LogP) is 2.83. The number of hydrogen-bond acceptors (Lipinski definition) is 3. The highest BCUT2D eigenvalue weighted by molar-refractivity contribution is 5.87. The molecular weight excluding hydrogens is 216 g/mol. The van der Waals surface area contributed by atoms with E-state index in [1.165, 1.54) is 0 Å². The van der Waals surface area contributed by atoms with Gasteiger partial charge in [0.05, 0.1) is 7.11 Å². The molecule has 0 aliphatic carbocycles. The Labute approximate surface area is 101 Å². The highest BCUT2D eigenvalue weighted by Gasteiger charge is 2.00. The summed E-state index contributed by atoms with van der Waals surface area (Å²) in [5, 5.41) is 0.